The number of carbonyl (C=O) groups is 3. The molecule has 1 amide bonds. The van der Waals surface area contributed by atoms with Crippen LogP contribution in [0.1, 0.15) is 0 Å². The van der Waals surface area contributed by atoms with Crippen LogP contribution in [-0.2, 0) is 23.8 Å². The Morgan fingerprint density at radius 1 is 1.33 bits per heavy atom. The van der Waals surface area contributed by atoms with Crippen LogP contribution in [0.25, 0.3) is 0 Å². The van der Waals surface area contributed by atoms with E-state index < -0.39 is 24.1 Å². The lowest BCUT2D eigenvalue weighted by molar-refractivity contribution is -0.146. The molecule has 1 atom stereocenters. The first-order valence-corrected chi connectivity index (χ1v) is 5.35. The summed E-state index contributed by atoms with van der Waals surface area (Å²) in [5.41, 5.74) is 0. The molecule has 0 aromatic rings. The lowest BCUT2D eigenvalue weighted by Crippen LogP contribution is -2.41. The Balaban J connectivity index is 2.50. The highest BCUT2D eigenvalue weighted by atomic mass is 16.6. The van der Waals surface area contributed by atoms with Crippen LogP contribution in [0.4, 0.5) is 4.79 Å². The van der Waals surface area contributed by atoms with Crippen molar-refractivity contribution < 1.29 is 28.6 Å². The van der Waals surface area contributed by atoms with Crippen LogP contribution in [0.5, 0.6) is 0 Å². The van der Waals surface area contributed by atoms with Crippen LogP contribution in [-0.4, -0.2) is 69.4 Å². The van der Waals surface area contributed by atoms with Gasteiger partial charge in [-0.3, -0.25) is 14.5 Å². The van der Waals surface area contributed by atoms with Crippen molar-refractivity contribution in [3.05, 3.63) is 0 Å². The minimum absolute atomic E-state index is 0.0698. The van der Waals surface area contributed by atoms with Gasteiger partial charge in [0, 0.05) is 6.54 Å². The van der Waals surface area contributed by atoms with Gasteiger partial charge in [-0.1, -0.05) is 0 Å². The number of methoxy groups -OCH3 is 2. The summed E-state index contributed by atoms with van der Waals surface area (Å²) in [6, 6.07) is 0. The Morgan fingerprint density at radius 2 is 1.89 bits per heavy atom. The first-order chi connectivity index (χ1) is 8.55. The molecule has 0 aliphatic carbocycles. The zero-order valence-electron chi connectivity index (χ0n) is 10.3. The Kier molecular flexibility index (Phi) is 5.37. The molecule has 0 aromatic carbocycles. The van der Waals surface area contributed by atoms with Gasteiger partial charge in [0.25, 0.3) is 0 Å². The zero-order chi connectivity index (χ0) is 13.5. The molecule has 102 valence electrons. The zero-order valence-corrected chi connectivity index (χ0v) is 10.3. The van der Waals surface area contributed by atoms with Gasteiger partial charge in [0.1, 0.15) is 6.10 Å². The number of amides is 1. The molecule has 1 fully saturated rings. The molecule has 8 heteroatoms. The molecule has 1 saturated heterocycles. The van der Waals surface area contributed by atoms with Crippen molar-refractivity contribution in [2.45, 2.75) is 6.10 Å². The van der Waals surface area contributed by atoms with E-state index in [4.69, 9.17) is 4.74 Å². The molecule has 8 nitrogen and oxygen atoms in total. The maximum Gasteiger partial charge on any atom is 0.407 e. The highest BCUT2D eigenvalue weighted by Gasteiger charge is 2.26. The van der Waals surface area contributed by atoms with Gasteiger partial charge >= 0.3 is 18.0 Å². The van der Waals surface area contributed by atoms with Gasteiger partial charge < -0.3 is 19.5 Å². The fourth-order valence-corrected chi connectivity index (χ4v) is 1.50. The van der Waals surface area contributed by atoms with E-state index in [1.807, 2.05) is 0 Å². The number of cyclic esters (lactones) is 1. The van der Waals surface area contributed by atoms with Crippen molar-refractivity contribution in [2.75, 3.05) is 40.4 Å². The van der Waals surface area contributed by atoms with Crippen molar-refractivity contribution in [2.24, 2.45) is 0 Å². The summed E-state index contributed by atoms with van der Waals surface area (Å²) in [6.45, 7) is 0.458. The van der Waals surface area contributed by atoms with E-state index in [1.165, 1.54) is 19.1 Å². The van der Waals surface area contributed by atoms with Crippen molar-refractivity contribution in [3.8, 4) is 0 Å². The van der Waals surface area contributed by atoms with Crippen LogP contribution in [0.3, 0.4) is 0 Å². The quantitative estimate of drug-likeness (QED) is 0.470. The second kappa shape index (κ2) is 6.80. The molecule has 1 heterocycles. The summed E-state index contributed by atoms with van der Waals surface area (Å²) < 4.78 is 14.0. The van der Waals surface area contributed by atoms with Gasteiger partial charge in [-0.15, -0.1) is 0 Å². The Hall–Kier alpha value is -1.83. The standard InChI is InChI=1S/C10H16N2O6/c1-16-8(13)5-12(6-9(14)17-2)4-7-3-11-10(15)18-7/h7H,3-6H2,1-2H3,(H,11,15). The predicted molar refractivity (Wildman–Crippen MR) is 58.7 cm³/mol. The highest BCUT2D eigenvalue weighted by molar-refractivity contribution is 5.75. The normalized spacial score (nSPS) is 18.2. The van der Waals surface area contributed by atoms with Crippen molar-refractivity contribution in [1.29, 1.82) is 0 Å². The number of nitrogens with zero attached hydrogens (tertiary/aromatic N) is 1. The summed E-state index contributed by atoms with van der Waals surface area (Å²) in [4.78, 5) is 34.7. The SMILES string of the molecule is COC(=O)CN(CC(=O)OC)CC1CNC(=O)O1. The smallest absolute Gasteiger partial charge is 0.407 e. The number of hydrogen-bond acceptors (Lipinski definition) is 7. The van der Waals surface area contributed by atoms with Crippen molar-refractivity contribution >= 4 is 18.0 Å². The van der Waals surface area contributed by atoms with E-state index in [1.54, 1.807) is 0 Å². The van der Waals surface area contributed by atoms with E-state index in [9.17, 15) is 14.4 Å². The fourth-order valence-electron chi connectivity index (χ4n) is 1.50. The van der Waals surface area contributed by atoms with Gasteiger partial charge in [0.05, 0.1) is 33.9 Å². The second-order valence-electron chi connectivity index (χ2n) is 3.73. The molecule has 1 unspecified atom stereocenters. The molecule has 1 aliphatic rings. The average molecular weight is 260 g/mol. The van der Waals surface area contributed by atoms with E-state index in [0.717, 1.165) is 0 Å². The van der Waals surface area contributed by atoms with Crippen LogP contribution in [0.2, 0.25) is 0 Å². The molecule has 18 heavy (non-hydrogen) atoms. The van der Waals surface area contributed by atoms with E-state index in [-0.39, 0.29) is 19.6 Å². The number of rotatable bonds is 6. The van der Waals surface area contributed by atoms with Gasteiger partial charge in [-0.05, 0) is 0 Å². The lowest BCUT2D eigenvalue weighted by atomic mass is 10.3. The molecule has 1 rings (SSSR count). The number of hydrogen-bond donors (Lipinski definition) is 1. The summed E-state index contributed by atoms with van der Waals surface area (Å²) in [5.74, 6) is -0.952. The summed E-state index contributed by atoms with van der Waals surface area (Å²) >= 11 is 0. The van der Waals surface area contributed by atoms with Crippen molar-refractivity contribution in [1.82, 2.24) is 10.2 Å². The van der Waals surface area contributed by atoms with Crippen LogP contribution in [0.15, 0.2) is 0 Å². The number of nitrogens with one attached hydrogen (secondary N) is 1. The maximum absolute atomic E-state index is 11.2. The minimum Gasteiger partial charge on any atom is -0.468 e. The molecular weight excluding hydrogens is 244 g/mol. The Bertz CT molecular complexity index is 314. The third-order valence-electron chi connectivity index (χ3n) is 2.37. The largest absolute Gasteiger partial charge is 0.468 e. The predicted octanol–water partition coefficient (Wildman–Crippen LogP) is -1.26. The minimum atomic E-state index is -0.504. The monoisotopic (exact) mass is 260 g/mol. The molecule has 1 aliphatic heterocycles. The maximum atomic E-state index is 11.2. The first-order valence-electron chi connectivity index (χ1n) is 5.35. The van der Waals surface area contributed by atoms with E-state index in [0.29, 0.717) is 6.54 Å². The number of ether oxygens (including phenoxy) is 3. The first kappa shape index (κ1) is 14.2. The summed E-state index contributed by atoms with van der Waals surface area (Å²) in [5, 5.41) is 2.49. The molecule has 0 bridgehead atoms. The average Bonchev–Trinajstić information content (AvgIpc) is 2.74. The van der Waals surface area contributed by atoms with Gasteiger partial charge in [0.15, 0.2) is 0 Å². The van der Waals surface area contributed by atoms with E-state index in [2.05, 4.69) is 14.8 Å². The fraction of sp³-hybridized carbons (Fsp3) is 0.700. The van der Waals surface area contributed by atoms with Crippen LogP contribution in [0, 0.1) is 0 Å². The summed E-state index contributed by atoms with van der Waals surface area (Å²) in [6.07, 6.45) is -0.900. The number of esters is 2. The van der Waals surface area contributed by atoms with Gasteiger partial charge in [-0.25, -0.2) is 4.79 Å². The lowest BCUT2D eigenvalue weighted by Gasteiger charge is -2.21. The second-order valence-corrected chi connectivity index (χ2v) is 3.73. The third kappa shape index (κ3) is 4.58. The molecule has 0 saturated carbocycles. The number of carbonyl (C=O) groups excluding carboxylic acids is 3. The van der Waals surface area contributed by atoms with Crippen LogP contribution >= 0.6 is 0 Å². The van der Waals surface area contributed by atoms with Gasteiger partial charge in [-0.2, -0.15) is 0 Å². The number of alkyl carbamates (subject to hydrolysis) is 1. The molecule has 1 N–H and O–H groups in total. The van der Waals surface area contributed by atoms with Crippen LogP contribution < -0.4 is 5.32 Å². The summed E-state index contributed by atoms with van der Waals surface area (Å²) in [7, 11) is 2.52. The molecule has 0 aromatic heterocycles. The van der Waals surface area contributed by atoms with Gasteiger partial charge in [0.2, 0.25) is 0 Å². The molecule has 0 spiro atoms. The Labute approximate surface area is 104 Å². The molecular formula is C10H16N2O6. The third-order valence-corrected chi connectivity index (χ3v) is 2.37. The topological polar surface area (TPSA) is 94.2 Å². The highest BCUT2D eigenvalue weighted by Crippen LogP contribution is 2.03. The van der Waals surface area contributed by atoms with E-state index >= 15 is 0 Å². The molecule has 0 radical (unpaired) electrons. The van der Waals surface area contributed by atoms with Crippen molar-refractivity contribution in [3.63, 3.8) is 0 Å². The Morgan fingerprint density at radius 3 is 2.28 bits per heavy atom.